The van der Waals surface area contributed by atoms with Gasteiger partial charge in [-0.1, -0.05) is 13.8 Å². The molecule has 0 bridgehead atoms. The lowest BCUT2D eigenvalue weighted by Crippen LogP contribution is -2.54. The highest BCUT2D eigenvalue weighted by Gasteiger charge is 2.27. The van der Waals surface area contributed by atoms with E-state index in [0.717, 1.165) is 25.9 Å². The number of carbonyl (C=O) groups is 1. The Morgan fingerprint density at radius 3 is 2.27 bits per heavy atom. The maximum atomic E-state index is 11.8. The number of hydrogen-bond acceptors (Lipinski definition) is 3. The van der Waals surface area contributed by atoms with Crippen molar-refractivity contribution in [3.8, 4) is 0 Å². The summed E-state index contributed by atoms with van der Waals surface area (Å²) in [6.45, 7) is 7.64. The summed E-state index contributed by atoms with van der Waals surface area (Å²) >= 11 is 0. The van der Waals surface area contributed by atoms with Crippen LogP contribution in [0.25, 0.3) is 0 Å². The van der Waals surface area contributed by atoms with Gasteiger partial charge < -0.3 is 10.0 Å². The van der Waals surface area contributed by atoms with E-state index >= 15 is 0 Å². The minimum absolute atomic E-state index is 0.200. The predicted molar refractivity (Wildman–Crippen MR) is 59.6 cm³/mol. The molecule has 0 aromatic rings. The van der Waals surface area contributed by atoms with Gasteiger partial charge in [0, 0.05) is 26.2 Å². The van der Waals surface area contributed by atoms with Crippen LogP contribution in [0.2, 0.25) is 0 Å². The smallest absolute Gasteiger partial charge is 0.236 e. The van der Waals surface area contributed by atoms with Crippen molar-refractivity contribution < 1.29 is 9.90 Å². The van der Waals surface area contributed by atoms with E-state index in [9.17, 15) is 4.79 Å². The van der Waals surface area contributed by atoms with Crippen LogP contribution in [-0.4, -0.2) is 59.6 Å². The van der Waals surface area contributed by atoms with Crippen molar-refractivity contribution in [2.45, 2.75) is 32.8 Å². The Kier molecular flexibility index (Phi) is 5.05. The predicted octanol–water partition coefficient (Wildman–Crippen LogP) is 0.311. The third-order valence-corrected chi connectivity index (χ3v) is 2.64. The first-order valence-corrected chi connectivity index (χ1v) is 5.85. The number of β-amino-alcohol motifs (C(OH)–C–C–N with tert-alkyl or cyclic N) is 1. The van der Waals surface area contributed by atoms with Gasteiger partial charge in [0.2, 0.25) is 5.91 Å². The molecule has 0 spiro atoms. The van der Waals surface area contributed by atoms with Gasteiger partial charge >= 0.3 is 0 Å². The van der Waals surface area contributed by atoms with Crippen molar-refractivity contribution in [1.29, 1.82) is 0 Å². The summed E-state index contributed by atoms with van der Waals surface area (Å²) in [7, 11) is 0. The average Bonchev–Trinajstić information content (AvgIpc) is 2.15. The summed E-state index contributed by atoms with van der Waals surface area (Å²) in [6.07, 6.45) is 1.80. The van der Waals surface area contributed by atoms with E-state index in [-0.39, 0.29) is 12.0 Å². The molecule has 1 amide bonds. The molecular formula is C11H22N2O2. The van der Waals surface area contributed by atoms with Crippen molar-refractivity contribution in [2.75, 3.05) is 32.7 Å². The van der Waals surface area contributed by atoms with Gasteiger partial charge in [-0.2, -0.15) is 0 Å². The van der Waals surface area contributed by atoms with E-state index in [2.05, 4.69) is 13.8 Å². The molecule has 4 nitrogen and oxygen atoms in total. The Morgan fingerprint density at radius 1 is 1.33 bits per heavy atom. The Morgan fingerprint density at radius 2 is 1.87 bits per heavy atom. The first kappa shape index (κ1) is 12.5. The van der Waals surface area contributed by atoms with Crippen LogP contribution in [0.1, 0.15) is 26.7 Å². The number of hydrogen-bond donors (Lipinski definition) is 1. The van der Waals surface area contributed by atoms with Crippen LogP contribution < -0.4 is 0 Å². The molecule has 0 radical (unpaired) electrons. The minimum atomic E-state index is -0.219. The van der Waals surface area contributed by atoms with Crippen LogP contribution in [0.5, 0.6) is 0 Å². The molecule has 1 fully saturated rings. The molecule has 1 aliphatic heterocycles. The fraction of sp³-hybridized carbons (Fsp3) is 0.909. The standard InChI is InChI=1S/C11H22N2O2/c1-3-5-13(6-4-2)11(15)9-12-7-10(14)8-12/h10,14H,3-9H2,1-2H3. The Labute approximate surface area is 91.9 Å². The zero-order valence-electron chi connectivity index (χ0n) is 9.78. The fourth-order valence-electron chi connectivity index (χ4n) is 1.86. The number of aliphatic hydroxyl groups excluding tert-OH is 1. The van der Waals surface area contributed by atoms with Gasteiger partial charge in [0.1, 0.15) is 0 Å². The van der Waals surface area contributed by atoms with E-state index in [4.69, 9.17) is 5.11 Å². The van der Waals surface area contributed by atoms with Crippen LogP contribution in [-0.2, 0) is 4.79 Å². The number of carbonyl (C=O) groups excluding carboxylic acids is 1. The quantitative estimate of drug-likeness (QED) is 0.692. The number of amides is 1. The van der Waals surface area contributed by atoms with Gasteiger partial charge in [0.25, 0.3) is 0 Å². The van der Waals surface area contributed by atoms with Gasteiger partial charge in [0.15, 0.2) is 0 Å². The molecule has 0 aromatic carbocycles. The molecule has 1 saturated heterocycles. The molecule has 0 aromatic heterocycles. The third kappa shape index (κ3) is 3.80. The monoisotopic (exact) mass is 214 g/mol. The van der Waals surface area contributed by atoms with Crippen LogP contribution in [0.3, 0.4) is 0 Å². The fourth-order valence-corrected chi connectivity index (χ4v) is 1.86. The number of aliphatic hydroxyl groups is 1. The van der Waals surface area contributed by atoms with Crippen LogP contribution in [0.4, 0.5) is 0 Å². The summed E-state index contributed by atoms with van der Waals surface area (Å²) in [6, 6.07) is 0. The zero-order chi connectivity index (χ0) is 11.3. The summed E-state index contributed by atoms with van der Waals surface area (Å²) in [5, 5.41) is 9.11. The van der Waals surface area contributed by atoms with Gasteiger partial charge in [0.05, 0.1) is 12.6 Å². The lowest BCUT2D eigenvalue weighted by Gasteiger charge is -2.36. The lowest BCUT2D eigenvalue weighted by molar-refractivity contribution is -0.135. The Balaban J connectivity index is 2.28. The molecular weight excluding hydrogens is 192 g/mol. The van der Waals surface area contributed by atoms with E-state index < -0.39 is 0 Å². The average molecular weight is 214 g/mol. The number of nitrogens with zero attached hydrogens (tertiary/aromatic N) is 2. The molecule has 1 rings (SSSR count). The van der Waals surface area contributed by atoms with Gasteiger partial charge in [-0.15, -0.1) is 0 Å². The maximum absolute atomic E-state index is 11.8. The molecule has 4 heteroatoms. The lowest BCUT2D eigenvalue weighted by atomic mass is 10.1. The van der Waals surface area contributed by atoms with Crippen molar-refractivity contribution in [3.63, 3.8) is 0 Å². The summed E-state index contributed by atoms with van der Waals surface area (Å²) in [5.41, 5.74) is 0. The van der Waals surface area contributed by atoms with Crippen molar-refractivity contribution in [2.24, 2.45) is 0 Å². The van der Waals surface area contributed by atoms with Crippen LogP contribution in [0, 0.1) is 0 Å². The number of likely N-dealkylation sites (tertiary alicyclic amines) is 1. The summed E-state index contributed by atoms with van der Waals surface area (Å²) in [5.74, 6) is 0.200. The first-order valence-electron chi connectivity index (χ1n) is 5.85. The topological polar surface area (TPSA) is 43.8 Å². The van der Waals surface area contributed by atoms with Crippen LogP contribution >= 0.6 is 0 Å². The highest BCUT2D eigenvalue weighted by molar-refractivity contribution is 5.78. The second kappa shape index (κ2) is 6.08. The summed E-state index contributed by atoms with van der Waals surface area (Å²) < 4.78 is 0. The Hall–Kier alpha value is -0.610. The second-order valence-electron chi connectivity index (χ2n) is 4.23. The highest BCUT2D eigenvalue weighted by atomic mass is 16.3. The minimum Gasteiger partial charge on any atom is -0.390 e. The third-order valence-electron chi connectivity index (χ3n) is 2.64. The molecule has 0 unspecified atom stereocenters. The van der Waals surface area contributed by atoms with E-state index in [0.29, 0.717) is 19.6 Å². The van der Waals surface area contributed by atoms with Gasteiger partial charge in [-0.05, 0) is 12.8 Å². The Bertz CT molecular complexity index is 197. The van der Waals surface area contributed by atoms with Gasteiger partial charge in [-0.25, -0.2) is 0 Å². The second-order valence-corrected chi connectivity index (χ2v) is 4.23. The van der Waals surface area contributed by atoms with E-state index in [1.165, 1.54) is 0 Å². The van der Waals surface area contributed by atoms with Crippen molar-refractivity contribution in [3.05, 3.63) is 0 Å². The molecule has 0 aliphatic carbocycles. The zero-order valence-corrected chi connectivity index (χ0v) is 9.78. The van der Waals surface area contributed by atoms with Gasteiger partial charge in [-0.3, -0.25) is 9.69 Å². The van der Waals surface area contributed by atoms with E-state index in [1.807, 2.05) is 9.80 Å². The molecule has 88 valence electrons. The normalized spacial score (nSPS) is 17.5. The highest BCUT2D eigenvalue weighted by Crippen LogP contribution is 2.07. The molecule has 0 atom stereocenters. The first-order chi connectivity index (χ1) is 7.17. The summed E-state index contributed by atoms with van der Waals surface area (Å²) in [4.78, 5) is 15.7. The van der Waals surface area contributed by atoms with Crippen LogP contribution in [0.15, 0.2) is 0 Å². The van der Waals surface area contributed by atoms with Crippen molar-refractivity contribution >= 4 is 5.91 Å². The molecule has 1 heterocycles. The number of rotatable bonds is 6. The molecule has 0 saturated carbocycles. The SMILES string of the molecule is CCCN(CCC)C(=O)CN1CC(O)C1. The van der Waals surface area contributed by atoms with Crippen molar-refractivity contribution in [1.82, 2.24) is 9.80 Å². The largest absolute Gasteiger partial charge is 0.390 e. The van der Waals surface area contributed by atoms with E-state index in [1.54, 1.807) is 0 Å². The molecule has 1 aliphatic rings. The molecule has 15 heavy (non-hydrogen) atoms. The maximum Gasteiger partial charge on any atom is 0.236 e. The molecule has 1 N–H and O–H groups in total.